The number of fused-ring (bicyclic) bond motifs is 1. The zero-order valence-corrected chi connectivity index (χ0v) is 11.5. The predicted molar refractivity (Wildman–Crippen MR) is 79.2 cm³/mol. The van der Waals surface area contributed by atoms with Gasteiger partial charge in [-0.25, -0.2) is 0 Å². The van der Waals surface area contributed by atoms with E-state index in [4.69, 9.17) is 5.73 Å². The summed E-state index contributed by atoms with van der Waals surface area (Å²) in [6.07, 6.45) is 2.66. The summed E-state index contributed by atoms with van der Waals surface area (Å²) < 4.78 is 0. The molecule has 0 aliphatic heterocycles. The van der Waals surface area contributed by atoms with Crippen LogP contribution in [0.2, 0.25) is 0 Å². The Labute approximate surface area is 116 Å². The molecule has 2 N–H and O–H groups in total. The first-order valence-corrected chi connectivity index (χ1v) is 7.11. The van der Waals surface area contributed by atoms with Gasteiger partial charge in [-0.2, -0.15) is 0 Å². The highest BCUT2D eigenvalue weighted by Crippen LogP contribution is 2.22. The molecule has 0 saturated heterocycles. The van der Waals surface area contributed by atoms with Crippen molar-refractivity contribution >= 4 is 22.2 Å². The molecule has 0 aliphatic carbocycles. The SMILES string of the molecule is Cc1cc(C(N)Cc2cncs2)nc2ccccc12. The Morgan fingerprint density at radius 3 is 2.95 bits per heavy atom. The number of pyridine rings is 1. The molecule has 2 aromatic heterocycles. The third-order valence-corrected chi connectivity index (χ3v) is 4.03. The Balaban J connectivity index is 1.96. The normalized spacial score (nSPS) is 12.7. The minimum atomic E-state index is -0.0799. The van der Waals surface area contributed by atoms with E-state index in [0.717, 1.165) is 17.6 Å². The fourth-order valence-corrected chi connectivity index (χ4v) is 2.88. The summed E-state index contributed by atoms with van der Waals surface area (Å²) in [6, 6.07) is 10.2. The Kier molecular flexibility index (Phi) is 3.27. The smallest absolute Gasteiger partial charge is 0.0794 e. The zero-order chi connectivity index (χ0) is 13.2. The first-order chi connectivity index (χ1) is 9.24. The maximum atomic E-state index is 6.26. The number of hydrogen-bond acceptors (Lipinski definition) is 4. The largest absolute Gasteiger partial charge is 0.322 e. The number of nitrogens with zero attached hydrogens (tertiary/aromatic N) is 2. The number of aromatic nitrogens is 2. The summed E-state index contributed by atoms with van der Waals surface area (Å²) in [5, 5.41) is 1.19. The van der Waals surface area contributed by atoms with Gasteiger partial charge in [-0.15, -0.1) is 11.3 Å². The van der Waals surface area contributed by atoms with Crippen LogP contribution < -0.4 is 5.73 Å². The molecule has 1 aromatic carbocycles. The molecule has 0 bridgehead atoms. The van der Waals surface area contributed by atoms with E-state index in [1.54, 1.807) is 11.3 Å². The fraction of sp³-hybridized carbons (Fsp3) is 0.200. The van der Waals surface area contributed by atoms with Gasteiger partial charge >= 0.3 is 0 Å². The van der Waals surface area contributed by atoms with Gasteiger partial charge in [0.25, 0.3) is 0 Å². The molecule has 0 fully saturated rings. The number of hydrogen-bond donors (Lipinski definition) is 1. The molecule has 0 aliphatic rings. The van der Waals surface area contributed by atoms with Crippen molar-refractivity contribution in [1.29, 1.82) is 0 Å². The lowest BCUT2D eigenvalue weighted by Gasteiger charge is -2.12. The van der Waals surface area contributed by atoms with Gasteiger partial charge in [-0.1, -0.05) is 18.2 Å². The fourth-order valence-electron chi connectivity index (χ4n) is 2.23. The number of benzene rings is 1. The van der Waals surface area contributed by atoms with E-state index in [1.807, 2.05) is 29.9 Å². The van der Waals surface area contributed by atoms with Crippen LogP contribution in [0.4, 0.5) is 0 Å². The van der Waals surface area contributed by atoms with Crippen LogP contribution in [0.15, 0.2) is 42.0 Å². The van der Waals surface area contributed by atoms with Crippen molar-refractivity contribution in [3.05, 3.63) is 58.2 Å². The molecule has 0 radical (unpaired) electrons. The van der Waals surface area contributed by atoms with Gasteiger partial charge in [0.15, 0.2) is 0 Å². The van der Waals surface area contributed by atoms with E-state index in [-0.39, 0.29) is 6.04 Å². The van der Waals surface area contributed by atoms with E-state index >= 15 is 0 Å². The average molecular weight is 269 g/mol. The zero-order valence-electron chi connectivity index (χ0n) is 10.7. The molecule has 2 heterocycles. The summed E-state index contributed by atoms with van der Waals surface area (Å²) >= 11 is 1.63. The van der Waals surface area contributed by atoms with Crippen LogP contribution in [0.3, 0.4) is 0 Å². The summed E-state index contributed by atoms with van der Waals surface area (Å²) in [6.45, 7) is 2.10. The molecule has 19 heavy (non-hydrogen) atoms. The molecule has 3 rings (SSSR count). The van der Waals surface area contributed by atoms with Crippen molar-refractivity contribution in [1.82, 2.24) is 9.97 Å². The molecule has 96 valence electrons. The minimum absolute atomic E-state index is 0.0799. The van der Waals surface area contributed by atoms with Crippen molar-refractivity contribution in [2.75, 3.05) is 0 Å². The molecule has 1 unspecified atom stereocenters. The number of nitrogens with two attached hydrogens (primary N) is 1. The molecule has 4 heteroatoms. The van der Waals surface area contributed by atoms with Gasteiger partial charge < -0.3 is 5.73 Å². The lowest BCUT2D eigenvalue weighted by atomic mass is 10.0. The van der Waals surface area contributed by atoms with E-state index < -0.39 is 0 Å². The molecule has 0 amide bonds. The average Bonchev–Trinajstić information content (AvgIpc) is 2.91. The highest BCUT2D eigenvalue weighted by molar-refractivity contribution is 7.09. The lowest BCUT2D eigenvalue weighted by molar-refractivity contribution is 0.705. The van der Waals surface area contributed by atoms with E-state index in [1.165, 1.54) is 15.8 Å². The first-order valence-electron chi connectivity index (χ1n) is 6.23. The highest BCUT2D eigenvalue weighted by atomic mass is 32.1. The molecule has 0 saturated carbocycles. The molecule has 3 aromatic rings. The Bertz CT molecular complexity index is 692. The molecule has 0 spiro atoms. The van der Waals surface area contributed by atoms with Crippen molar-refractivity contribution in [3.63, 3.8) is 0 Å². The van der Waals surface area contributed by atoms with Gasteiger partial charge in [0.2, 0.25) is 0 Å². The maximum absolute atomic E-state index is 6.26. The lowest BCUT2D eigenvalue weighted by Crippen LogP contribution is -2.14. The Morgan fingerprint density at radius 1 is 1.32 bits per heavy atom. The number of rotatable bonds is 3. The number of para-hydroxylation sites is 1. The van der Waals surface area contributed by atoms with Crippen LogP contribution in [-0.2, 0) is 6.42 Å². The van der Waals surface area contributed by atoms with Crippen molar-refractivity contribution in [2.24, 2.45) is 5.73 Å². The van der Waals surface area contributed by atoms with Crippen LogP contribution in [-0.4, -0.2) is 9.97 Å². The van der Waals surface area contributed by atoms with Crippen LogP contribution in [0.1, 0.15) is 22.2 Å². The van der Waals surface area contributed by atoms with Gasteiger partial charge in [0.1, 0.15) is 0 Å². The monoisotopic (exact) mass is 269 g/mol. The molecule has 1 atom stereocenters. The van der Waals surface area contributed by atoms with E-state index in [9.17, 15) is 0 Å². The first kappa shape index (κ1) is 12.3. The molecule has 3 nitrogen and oxygen atoms in total. The van der Waals surface area contributed by atoms with Gasteiger partial charge in [-0.3, -0.25) is 9.97 Å². The summed E-state index contributed by atoms with van der Waals surface area (Å²) in [5.41, 5.74) is 11.3. The van der Waals surface area contributed by atoms with Crippen LogP contribution in [0, 0.1) is 6.92 Å². The van der Waals surface area contributed by atoms with E-state index in [0.29, 0.717) is 0 Å². The summed E-state index contributed by atoms with van der Waals surface area (Å²) in [4.78, 5) is 9.95. The second kappa shape index (κ2) is 5.07. The Morgan fingerprint density at radius 2 is 2.16 bits per heavy atom. The summed E-state index contributed by atoms with van der Waals surface area (Å²) in [5.74, 6) is 0. The second-order valence-electron chi connectivity index (χ2n) is 4.66. The summed E-state index contributed by atoms with van der Waals surface area (Å²) in [7, 11) is 0. The minimum Gasteiger partial charge on any atom is -0.322 e. The van der Waals surface area contributed by atoms with Crippen molar-refractivity contribution in [2.45, 2.75) is 19.4 Å². The second-order valence-corrected chi connectivity index (χ2v) is 5.63. The van der Waals surface area contributed by atoms with Gasteiger partial charge in [0.05, 0.1) is 22.8 Å². The number of aryl methyl sites for hydroxylation is 1. The van der Waals surface area contributed by atoms with Crippen molar-refractivity contribution < 1.29 is 0 Å². The van der Waals surface area contributed by atoms with Crippen molar-refractivity contribution in [3.8, 4) is 0 Å². The maximum Gasteiger partial charge on any atom is 0.0794 e. The number of thiazole rings is 1. The van der Waals surface area contributed by atoms with Gasteiger partial charge in [-0.05, 0) is 24.6 Å². The molecular formula is C15H15N3S. The predicted octanol–water partition coefficient (Wildman–Crippen LogP) is 3.24. The van der Waals surface area contributed by atoms with Crippen LogP contribution in [0.5, 0.6) is 0 Å². The Hall–Kier alpha value is -1.78. The third-order valence-electron chi connectivity index (χ3n) is 3.23. The quantitative estimate of drug-likeness (QED) is 0.794. The van der Waals surface area contributed by atoms with Crippen LogP contribution >= 0.6 is 11.3 Å². The van der Waals surface area contributed by atoms with E-state index in [2.05, 4.69) is 29.0 Å². The molecular weight excluding hydrogens is 254 g/mol. The standard InChI is InChI=1S/C15H15N3S/c1-10-6-15(13(16)7-11-8-17-9-19-11)18-14-5-3-2-4-12(10)14/h2-6,8-9,13H,7,16H2,1H3. The van der Waals surface area contributed by atoms with Crippen LogP contribution in [0.25, 0.3) is 10.9 Å². The highest BCUT2D eigenvalue weighted by Gasteiger charge is 2.11. The topological polar surface area (TPSA) is 51.8 Å². The van der Waals surface area contributed by atoms with Gasteiger partial charge in [0, 0.05) is 22.9 Å². The third kappa shape index (κ3) is 2.50.